The first-order valence-corrected chi connectivity index (χ1v) is 4.35. The smallest absolute Gasteiger partial charge is 0.0130 e. The highest BCUT2D eigenvalue weighted by Gasteiger charge is 2.47. The van der Waals surface area contributed by atoms with Crippen molar-refractivity contribution in [3.63, 3.8) is 0 Å². The second-order valence-corrected chi connectivity index (χ2v) is 3.92. The highest BCUT2D eigenvalue weighted by molar-refractivity contribution is 5.16. The maximum absolute atomic E-state index is 3.58. The number of allylic oxidation sites excluding steroid dienone is 2. The van der Waals surface area contributed by atoms with Crippen molar-refractivity contribution in [1.29, 1.82) is 0 Å². The lowest BCUT2D eigenvalue weighted by Crippen LogP contribution is -2.16. The Balaban J connectivity index is 1.97. The Morgan fingerprint density at radius 3 is 3.30 bits per heavy atom. The third kappa shape index (κ3) is 0.492. The third-order valence-corrected chi connectivity index (χ3v) is 3.53. The van der Waals surface area contributed by atoms with Crippen molar-refractivity contribution >= 4 is 0 Å². The SMILES string of the molecule is [C]1CC2CC1C1C=CCC21. The summed E-state index contributed by atoms with van der Waals surface area (Å²) in [7, 11) is 0. The van der Waals surface area contributed by atoms with Gasteiger partial charge < -0.3 is 0 Å². The molecule has 0 nitrogen and oxygen atoms in total. The first-order valence-electron chi connectivity index (χ1n) is 4.35. The van der Waals surface area contributed by atoms with Crippen LogP contribution in [0.4, 0.5) is 0 Å². The summed E-state index contributed by atoms with van der Waals surface area (Å²) in [4.78, 5) is 0. The van der Waals surface area contributed by atoms with E-state index >= 15 is 0 Å². The van der Waals surface area contributed by atoms with Crippen LogP contribution >= 0.6 is 0 Å². The molecule has 0 amide bonds. The summed E-state index contributed by atoms with van der Waals surface area (Å²) in [5, 5.41) is 0. The Hall–Kier alpha value is -0.260. The van der Waals surface area contributed by atoms with Crippen molar-refractivity contribution in [1.82, 2.24) is 0 Å². The van der Waals surface area contributed by atoms with Gasteiger partial charge in [-0.25, -0.2) is 0 Å². The van der Waals surface area contributed by atoms with Gasteiger partial charge in [0.1, 0.15) is 0 Å². The van der Waals surface area contributed by atoms with E-state index in [9.17, 15) is 0 Å². The largest absolute Gasteiger partial charge is 0.0879 e. The number of fused-ring (bicyclic) bond motifs is 5. The van der Waals surface area contributed by atoms with Gasteiger partial charge in [0.05, 0.1) is 0 Å². The van der Waals surface area contributed by atoms with Crippen LogP contribution in [0.2, 0.25) is 0 Å². The Morgan fingerprint density at radius 2 is 2.40 bits per heavy atom. The normalized spacial score (nSPS) is 56.0. The molecule has 0 aromatic rings. The Bertz CT molecular complexity index is 180. The fourth-order valence-electron chi connectivity index (χ4n) is 3.05. The van der Waals surface area contributed by atoms with Crippen molar-refractivity contribution in [2.75, 3.05) is 0 Å². The monoisotopic (exact) mass is 132 g/mol. The summed E-state index contributed by atoms with van der Waals surface area (Å²) in [6, 6.07) is 0. The molecule has 0 heteroatoms. The van der Waals surface area contributed by atoms with Gasteiger partial charge in [-0.2, -0.15) is 0 Å². The zero-order valence-corrected chi connectivity index (χ0v) is 6.09. The molecule has 3 aliphatic carbocycles. The van der Waals surface area contributed by atoms with E-state index in [1.54, 1.807) is 0 Å². The molecule has 3 aliphatic rings. The molecule has 0 aromatic heterocycles. The summed E-state index contributed by atoms with van der Waals surface area (Å²) in [5.74, 6) is 3.82. The van der Waals surface area contributed by atoms with Gasteiger partial charge in [-0.05, 0) is 49.4 Å². The molecule has 52 valence electrons. The molecular weight excluding hydrogens is 120 g/mol. The van der Waals surface area contributed by atoms with Crippen LogP contribution in [0.25, 0.3) is 0 Å². The van der Waals surface area contributed by atoms with Crippen molar-refractivity contribution in [3.05, 3.63) is 18.6 Å². The average molecular weight is 132 g/mol. The summed E-state index contributed by atoms with van der Waals surface area (Å²) in [6.07, 6.45) is 12.5. The molecule has 10 heavy (non-hydrogen) atoms. The van der Waals surface area contributed by atoms with Crippen LogP contribution in [0.15, 0.2) is 12.2 Å². The van der Waals surface area contributed by atoms with E-state index in [-0.39, 0.29) is 0 Å². The lowest BCUT2D eigenvalue weighted by atomic mass is 9.82. The first-order chi connectivity index (χ1) is 4.95. The molecule has 4 unspecified atom stereocenters. The molecule has 2 radical (unpaired) electrons. The minimum atomic E-state index is 0.855. The number of hydrogen-bond donors (Lipinski definition) is 0. The highest BCUT2D eigenvalue weighted by Crippen LogP contribution is 2.55. The topological polar surface area (TPSA) is 0 Å². The van der Waals surface area contributed by atoms with Crippen LogP contribution in [0.5, 0.6) is 0 Å². The molecule has 0 spiro atoms. The summed E-state index contributed by atoms with van der Waals surface area (Å²) in [6.45, 7) is 0. The number of hydrogen-bond acceptors (Lipinski definition) is 0. The summed E-state index contributed by atoms with van der Waals surface area (Å²) < 4.78 is 0. The molecule has 2 bridgehead atoms. The first kappa shape index (κ1) is 5.40. The molecule has 0 N–H and O–H groups in total. The van der Waals surface area contributed by atoms with Gasteiger partial charge in [0, 0.05) is 0 Å². The van der Waals surface area contributed by atoms with Crippen LogP contribution < -0.4 is 0 Å². The lowest BCUT2D eigenvalue weighted by molar-refractivity contribution is 0.326. The van der Waals surface area contributed by atoms with Gasteiger partial charge in [0.25, 0.3) is 0 Å². The molecule has 2 saturated carbocycles. The van der Waals surface area contributed by atoms with E-state index in [4.69, 9.17) is 0 Å². The standard InChI is InChI=1S/C10H12/c1-2-9-7-4-5-8(6-7)10(9)3-1/h1-2,7-10H,3,5-6H2. The minimum absolute atomic E-state index is 0.855. The van der Waals surface area contributed by atoms with Gasteiger partial charge in [0.15, 0.2) is 0 Å². The highest BCUT2D eigenvalue weighted by atomic mass is 14.5. The second kappa shape index (κ2) is 1.66. The van der Waals surface area contributed by atoms with E-state index in [2.05, 4.69) is 18.6 Å². The maximum Gasteiger partial charge on any atom is -0.0130 e. The molecule has 2 fully saturated rings. The lowest BCUT2D eigenvalue weighted by Gasteiger charge is -2.22. The molecule has 0 aromatic carbocycles. The average Bonchev–Trinajstić information content (AvgIpc) is 2.60. The molecule has 0 heterocycles. The van der Waals surface area contributed by atoms with Gasteiger partial charge in [0.2, 0.25) is 0 Å². The van der Waals surface area contributed by atoms with Crippen LogP contribution in [-0.4, -0.2) is 0 Å². The summed E-state index contributed by atoms with van der Waals surface area (Å²) >= 11 is 0. The van der Waals surface area contributed by atoms with Gasteiger partial charge >= 0.3 is 0 Å². The zero-order valence-electron chi connectivity index (χ0n) is 6.09. The minimum Gasteiger partial charge on any atom is -0.0879 e. The van der Waals surface area contributed by atoms with Crippen LogP contribution in [0.1, 0.15) is 19.3 Å². The van der Waals surface area contributed by atoms with Gasteiger partial charge in [-0.1, -0.05) is 12.2 Å². The Labute approximate surface area is 62.3 Å². The van der Waals surface area contributed by atoms with Crippen molar-refractivity contribution in [2.45, 2.75) is 19.3 Å². The van der Waals surface area contributed by atoms with E-state index in [0.29, 0.717) is 0 Å². The Morgan fingerprint density at radius 1 is 1.40 bits per heavy atom. The molecule has 0 aliphatic heterocycles. The van der Waals surface area contributed by atoms with Gasteiger partial charge in [-0.15, -0.1) is 0 Å². The van der Waals surface area contributed by atoms with E-state index < -0.39 is 0 Å². The van der Waals surface area contributed by atoms with E-state index in [0.717, 1.165) is 23.7 Å². The predicted molar refractivity (Wildman–Crippen MR) is 40.2 cm³/mol. The molecular formula is C10H12. The predicted octanol–water partition coefficient (Wildman–Crippen LogP) is 2.30. The van der Waals surface area contributed by atoms with Gasteiger partial charge in [-0.3, -0.25) is 0 Å². The second-order valence-electron chi connectivity index (χ2n) is 3.92. The quantitative estimate of drug-likeness (QED) is 0.444. The number of rotatable bonds is 0. The van der Waals surface area contributed by atoms with Crippen LogP contribution in [0, 0.1) is 30.1 Å². The third-order valence-electron chi connectivity index (χ3n) is 3.53. The fourth-order valence-corrected chi connectivity index (χ4v) is 3.05. The van der Waals surface area contributed by atoms with Crippen molar-refractivity contribution < 1.29 is 0 Å². The maximum atomic E-state index is 3.58. The van der Waals surface area contributed by atoms with E-state index in [1.165, 1.54) is 19.3 Å². The zero-order chi connectivity index (χ0) is 6.55. The van der Waals surface area contributed by atoms with E-state index in [1.807, 2.05) is 0 Å². The Kier molecular flexibility index (Phi) is 0.898. The fraction of sp³-hybridized carbons (Fsp3) is 0.700. The van der Waals surface area contributed by atoms with Crippen LogP contribution in [0.3, 0.4) is 0 Å². The molecule has 0 saturated heterocycles. The molecule has 4 atom stereocenters. The van der Waals surface area contributed by atoms with Crippen LogP contribution in [-0.2, 0) is 0 Å². The molecule has 3 rings (SSSR count). The van der Waals surface area contributed by atoms with Crippen molar-refractivity contribution in [2.24, 2.45) is 23.7 Å². The van der Waals surface area contributed by atoms with Crippen molar-refractivity contribution in [3.8, 4) is 0 Å². The summed E-state index contributed by atoms with van der Waals surface area (Å²) in [5.41, 5.74) is 0.